The number of nitrogens with one attached hydrogen (secondary N) is 2. The Hall–Kier alpha value is -2.21. The molecule has 0 saturated carbocycles. The molecule has 0 radical (unpaired) electrons. The molecule has 1 aromatic heterocycles. The Morgan fingerprint density at radius 1 is 1.32 bits per heavy atom. The summed E-state index contributed by atoms with van der Waals surface area (Å²) >= 11 is 5.04. The van der Waals surface area contributed by atoms with E-state index in [0.29, 0.717) is 17.2 Å². The SMILES string of the molecule is C/C(=N\NC(=S)Nc1cccc(F)c1)c1ccco1. The van der Waals surface area contributed by atoms with E-state index in [2.05, 4.69) is 15.8 Å². The quantitative estimate of drug-likeness (QED) is 0.514. The number of anilines is 1. The average Bonchev–Trinajstić information content (AvgIpc) is 2.90. The molecule has 6 heteroatoms. The smallest absolute Gasteiger partial charge is 0.191 e. The van der Waals surface area contributed by atoms with Crippen LogP contribution in [0.3, 0.4) is 0 Å². The summed E-state index contributed by atoms with van der Waals surface area (Å²) in [5.74, 6) is 0.323. The van der Waals surface area contributed by atoms with Gasteiger partial charge in [-0.2, -0.15) is 5.10 Å². The largest absolute Gasteiger partial charge is 0.463 e. The van der Waals surface area contributed by atoms with Crippen molar-refractivity contribution in [1.82, 2.24) is 5.43 Å². The molecule has 1 heterocycles. The van der Waals surface area contributed by atoms with Crippen LogP contribution in [0.25, 0.3) is 0 Å². The Kier molecular flexibility index (Phi) is 4.25. The third-order valence-electron chi connectivity index (χ3n) is 2.29. The van der Waals surface area contributed by atoms with Crippen LogP contribution in [0.4, 0.5) is 10.1 Å². The van der Waals surface area contributed by atoms with Crippen LogP contribution in [0.1, 0.15) is 12.7 Å². The van der Waals surface area contributed by atoms with E-state index in [4.69, 9.17) is 16.6 Å². The highest BCUT2D eigenvalue weighted by atomic mass is 32.1. The second-order valence-electron chi connectivity index (χ2n) is 3.75. The van der Waals surface area contributed by atoms with E-state index in [-0.39, 0.29) is 10.9 Å². The fourth-order valence-corrected chi connectivity index (χ4v) is 1.56. The van der Waals surface area contributed by atoms with Crippen LogP contribution in [-0.4, -0.2) is 10.8 Å². The molecule has 0 aliphatic carbocycles. The van der Waals surface area contributed by atoms with Crippen molar-refractivity contribution in [2.24, 2.45) is 5.10 Å². The Morgan fingerprint density at radius 3 is 2.84 bits per heavy atom. The first-order chi connectivity index (χ1) is 9.15. The molecule has 0 aliphatic rings. The minimum absolute atomic E-state index is 0.275. The van der Waals surface area contributed by atoms with Gasteiger partial charge in [-0.15, -0.1) is 0 Å². The summed E-state index contributed by atoms with van der Waals surface area (Å²) in [6, 6.07) is 9.58. The predicted molar refractivity (Wildman–Crippen MR) is 76.7 cm³/mol. The van der Waals surface area contributed by atoms with E-state index in [1.807, 2.05) is 0 Å². The Balaban J connectivity index is 1.93. The van der Waals surface area contributed by atoms with E-state index < -0.39 is 0 Å². The first-order valence-electron chi connectivity index (χ1n) is 5.56. The van der Waals surface area contributed by atoms with Gasteiger partial charge in [0.15, 0.2) is 5.11 Å². The summed E-state index contributed by atoms with van der Waals surface area (Å²) in [5.41, 5.74) is 3.88. The van der Waals surface area contributed by atoms with Crippen molar-refractivity contribution in [3.05, 3.63) is 54.2 Å². The van der Waals surface area contributed by atoms with E-state index in [1.54, 1.807) is 37.5 Å². The number of hydrazone groups is 1. The van der Waals surface area contributed by atoms with Crippen LogP contribution < -0.4 is 10.7 Å². The van der Waals surface area contributed by atoms with Crippen LogP contribution in [0.15, 0.2) is 52.2 Å². The van der Waals surface area contributed by atoms with Gasteiger partial charge >= 0.3 is 0 Å². The maximum absolute atomic E-state index is 13.0. The molecule has 0 spiro atoms. The molecule has 0 saturated heterocycles. The lowest BCUT2D eigenvalue weighted by Gasteiger charge is -2.07. The molecule has 2 rings (SSSR count). The molecular formula is C13H12FN3OS. The Labute approximate surface area is 115 Å². The number of thiocarbonyl (C=S) groups is 1. The number of furan rings is 1. The van der Waals surface area contributed by atoms with Crippen LogP contribution in [0, 0.1) is 5.82 Å². The summed E-state index contributed by atoms with van der Waals surface area (Å²) in [4.78, 5) is 0. The summed E-state index contributed by atoms with van der Waals surface area (Å²) in [6.45, 7) is 1.79. The fraction of sp³-hybridized carbons (Fsp3) is 0.0769. The third-order valence-corrected chi connectivity index (χ3v) is 2.48. The summed E-state index contributed by atoms with van der Waals surface area (Å²) in [6.07, 6.45) is 1.57. The predicted octanol–water partition coefficient (Wildman–Crippen LogP) is 3.13. The van der Waals surface area contributed by atoms with Gasteiger partial charge in [-0.05, 0) is 49.5 Å². The highest BCUT2D eigenvalue weighted by Gasteiger charge is 2.01. The number of nitrogens with zero attached hydrogens (tertiary/aromatic N) is 1. The highest BCUT2D eigenvalue weighted by molar-refractivity contribution is 7.80. The van der Waals surface area contributed by atoms with E-state index in [1.165, 1.54) is 12.1 Å². The second kappa shape index (κ2) is 6.10. The molecule has 2 N–H and O–H groups in total. The van der Waals surface area contributed by atoms with Crippen molar-refractivity contribution >= 4 is 28.7 Å². The number of halogens is 1. The molecule has 0 unspecified atom stereocenters. The summed E-state index contributed by atoms with van der Waals surface area (Å²) in [7, 11) is 0. The van der Waals surface area contributed by atoms with Crippen LogP contribution in [0.2, 0.25) is 0 Å². The lowest BCUT2D eigenvalue weighted by molar-refractivity contribution is 0.556. The normalized spacial score (nSPS) is 11.2. The van der Waals surface area contributed by atoms with E-state index in [0.717, 1.165) is 0 Å². The van der Waals surface area contributed by atoms with Gasteiger partial charge in [-0.3, -0.25) is 5.43 Å². The van der Waals surface area contributed by atoms with Crippen LogP contribution in [-0.2, 0) is 0 Å². The van der Waals surface area contributed by atoms with Crippen molar-refractivity contribution in [3.63, 3.8) is 0 Å². The topological polar surface area (TPSA) is 49.6 Å². The molecule has 98 valence electrons. The van der Waals surface area contributed by atoms with Gasteiger partial charge in [-0.1, -0.05) is 6.07 Å². The van der Waals surface area contributed by atoms with Gasteiger partial charge < -0.3 is 9.73 Å². The zero-order chi connectivity index (χ0) is 13.7. The van der Waals surface area contributed by atoms with Crippen molar-refractivity contribution in [3.8, 4) is 0 Å². The number of benzene rings is 1. The molecule has 0 fully saturated rings. The minimum Gasteiger partial charge on any atom is -0.463 e. The van der Waals surface area contributed by atoms with Crippen molar-refractivity contribution in [2.45, 2.75) is 6.92 Å². The zero-order valence-corrected chi connectivity index (χ0v) is 11.0. The summed E-state index contributed by atoms with van der Waals surface area (Å²) < 4.78 is 18.2. The van der Waals surface area contributed by atoms with Gasteiger partial charge in [0, 0.05) is 5.69 Å². The molecule has 1 aromatic carbocycles. The highest BCUT2D eigenvalue weighted by Crippen LogP contribution is 2.08. The monoisotopic (exact) mass is 277 g/mol. The van der Waals surface area contributed by atoms with Crippen LogP contribution >= 0.6 is 12.2 Å². The van der Waals surface area contributed by atoms with Crippen molar-refractivity contribution in [1.29, 1.82) is 0 Å². The molecule has 0 bridgehead atoms. The third kappa shape index (κ3) is 3.89. The van der Waals surface area contributed by atoms with Gasteiger partial charge in [0.05, 0.1) is 6.26 Å². The molecule has 4 nitrogen and oxygen atoms in total. The minimum atomic E-state index is -0.330. The number of hydrogen-bond donors (Lipinski definition) is 2. The zero-order valence-electron chi connectivity index (χ0n) is 10.2. The molecule has 19 heavy (non-hydrogen) atoms. The van der Waals surface area contributed by atoms with E-state index in [9.17, 15) is 4.39 Å². The van der Waals surface area contributed by atoms with Crippen molar-refractivity contribution < 1.29 is 8.81 Å². The standard InChI is InChI=1S/C13H12FN3OS/c1-9(12-6-3-7-18-12)16-17-13(19)15-11-5-2-4-10(14)8-11/h2-8H,1H3,(H2,15,17,19)/b16-9+. The van der Waals surface area contributed by atoms with Crippen LogP contribution in [0.5, 0.6) is 0 Å². The number of rotatable bonds is 3. The van der Waals surface area contributed by atoms with E-state index >= 15 is 0 Å². The molecule has 0 aliphatic heterocycles. The van der Waals surface area contributed by atoms with Gasteiger partial charge in [-0.25, -0.2) is 4.39 Å². The first kappa shape index (κ1) is 13.2. The van der Waals surface area contributed by atoms with Gasteiger partial charge in [0.25, 0.3) is 0 Å². The van der Waals surface area contributed by atoms with Gasteiger partial charge in [0.1, 0.15) is 17.3 Å². The van der Waals surface area contributed by atoms with Crippen molar-refractivity contribution in [2.75, 3.05) is 5.32 Å². The second-order valence-corrected chi connectivity index (χ2v) is 4.16. The maximum atomic E-state index is 13.0. The maximum Gasteiger partial charge on any atom is 0.191 e. The van der Waals surface area contributed by atoms with Gasteiger partial charge in [0.2, 0.25) is 0 Å². The molecular weight excluding hydrogens is 265 g/mol. The Bertz CT molecular complexity index is 596. The fourth-order valence-electron chi connectivity index (χ4n) is 1.40. The molecule has 0 amide bonds. The first-order valence-corrected chi connectivity index (χ1v) is 5.97. The Morgan fingerprint density at radius 2 is 2.16 bits per heavy atom. The lowest BCUT2D eigenvalue weighted by Crippen LogP contribution is -2.24. The summed E-state index contributed by atoms with van der Waals surface area (Å²) in [5, 5.41) is 7.16. The number of hydrogen-bond acceptors (Lipinski definition) is 3. The molecule has 2 aromatic rings. The lowest BCUT2D eigenvalue weighted by atomic mass is 10.3. The average molecular weight is 277 g/mol. The molecule has 0 atom stereocenters.